The van der Waals surface area contributed by atoms with Gasteiger partial charge < -0.3 is 19.1 Å². The van der Waals surface area contributed by atoms with Crippen molar-refractivity contribution in [1.29, 1.82) is 0 Å². The molecule has 2 aromatic carbocycles. The van der Waals surface area contributed by atoms with Crippen molar-refractivity contribution in [3.63, 3.8) is 0 Å². The summed E-state index contributed by atoms with van der Waals surface area (Å²) in [5.74, 6) is 2.31. The van der Waals surface area contributed by atoms with Crippen molar-refractivity contribution in [3.8, 4) is 17.2 Å². The first-order valence-electron chi connectivity index (χ1n) is 11.1. The lowest BCUT2D eigenvalue weighted by atomic mass is 9.96. The quantitative estimate of drug-likeness (QED) is 0.586. The van der Waals surface area contributed by atoms with Gasteiger partial charge in [-0.05, 0) is 31.4 Å². The maximum absolute atomic E-state index is 13.2. The molecule has 6 nitrogen and oxygen atoms in total. The van der Waals surface area contributed by atoms with Crippen molar-refractivity contribution in [2.24, 2.45) is 0 Å². The maximum Gasteiger partial charge on any atom is 0.239 e. The van der Waals surface area contributed by atoms with Crippen LogP contribution >= 0.6 is 0 Å². The highest BCUT2D eigenvalue weighted by Crippen LogP contribution is 2.41. The molecule has 0 aliphatic carbocycles. The van der Waals surface area contributed by atoms with Crippen molar-refractivity contribution in [3.05, 3.63) is 59.7 Å². The molecule has 172 valence electrons. The Morgan fingerprint density at radius 1 is 1.06 bits per heavy atom. The van der Waals surface area contributed by atoms with Crippen LogP contribution in [0, 0.1) is 0 Å². The van der Waals surface area contributed by atoms with Gasteiger partial charge in [0.2, 0.25) is 5.91 Å². The molecular formula is C26H34N2O4. The van der Waals surface area contributed by atoms with Gasteiger partial charge in [0.05, 0.1) is 32.9 Å². The number of nitrogens with zero attached hydrogens (tertiary/aromatic N) is 2. The number of benzene rings is 2. The van der Waals surface area contributed by atoms with Gasteiger partial charge in [-0.25, -0.2) is 0 Å². The smallest absolute Gasteiger partial charge is 0.239 e. The first-order valence-corrected chi connectivity index (χ1v) is 11.1. The predicted molar refractivity (Wildman–Crippen MR) is 127 cm³/mol. The average molecular weight is 439 g/mol. The second-order valence-electron chi connectivity index (χ2n) is 7.90. The molecule has 3 rings (SSSR count). The molecule has 0 saturated carbocycles. The Morgan fingerprint density at radius 2 is 1.72 bits per heavy atom. The highest BCUT2D eigenvalue weighted by atomic mass is 16.5. The summed E-state index contributed by atoms with van der Waals surface area (Å²) in [6, 6.07) is 13.7. The van der Waals surface area contributed by atoms with E-state index in [1.54, 1.807) is 21.3 Å². The molecule has 0 spiro atoms. The third kappa shape index (κ3) is 5.25. The lowest BCUT2D eigenvalue weighted by molar-refractivity contribution is -0.136. The lowest BCUT2D eigenvalue weighted by Crippen LogP contribution is -2.48. The first kappa shape index (κ1) is 23.7. The number of carbonyl (C=O) groups is 1. The van der Waals surface area contributed by atoms with Gasteiger partial charge in [-0.2, -0.15) is 0 Å². The Morgan fingerprint density at radius 3 is 2.22 bits per heavy atom. The van der Waals surface area contributed by atoms with Gasteiger partial charge in [0.15, 0.2) is 0 Å². The largest absolute Gasteiger partial charge is 0.496 e. The fourth-order valence-electron chi connectivity index (χ4n) is 4.16. The number of ether oxygens (including phenoxy) is 3. The standard InChI is InChI=1S/C26H34N2O4/c1-6-27(18-20-10-8-7-9-11-20)26(29)19(2)28-14-12-21(13-15-28)25-23(31-4)16-22(30-3)17-24(25)32-5/h7-12,16-17,19H,6,13-15,18H2,1-5H3/t19-/m1/s1. The second kappa shape index (κ2) is 11.0. The van der Waals surface area contributed by atoms with E-state index >= 15 is 0 Å². The zero-order valence-electron chi connectivity index (χ0n) is 19.8. The molecule has 1 amide bonds. The SMILES string of the molecule is CCN(Cc1ccccc1)C(=O)[C@@H](C)N1CC=C(c2c(OC)cc(OC)cc2OC)CC1. The number of hydrogen-bond acceptors (Lipinski definition) is 5. The van der Waals surface area contributed by atoms with Crippen LogP contribution in [0.2, 0.25) is 0 Å². The number of carbonyl (C=O) groups excluding carboxylic acids is 1. The van der Waals surface area contributed by atoms with Crippen LogP contribution in [0.5, 0.6) is 17.2 Å². The molecule has 0 saturated heterocycles. The van der Waals surface area contributed by atoms with Gasteiger partial charge in [-0.3, -0.25) is 9.69 Å². The van der Waals surface area contributed by atoms with E-state index in [9.17, 15) is 4.79 Å². The van der Waals surface area contributed by atoms with E-state index in [4.69, 9.17) is 14.2 Å². The Hall–Kier alpha value is -2.99. The number of methoxy groups -OCH3 is 3. The van der Waals surface area contributed by atoms with Crippen LogP contribution in [0.1, 0.15) is 31.4 Å². The molecule has 0 radical (unpaired) electrons. The molecule has 1 atom stereocenters. The summed E-state index contributed by atoms with van der Waals surface area (Å²) < 4.78 is 16.6. The molecule has 0 aromatic heterocycles. The molecule has 2 aromatic rings. The Labute approximate surface area is 191 Å². The summed E-state index contributed by atoms with van der Waals surface area (Å²) in [5.41, 5.74) is 3.26. The topological polar surface area (TPSA) is 51.2 Å². The van der Waals surface area contributed by atoms with Gasteiger partial charge in [0.1, 0.15) is 17.2 Å². The van der Waals surface area contributed by atoms with E-state index in [1.165, 1.54) is 0 Å². The van der Waals surface area contributed by atoms with Gasteiger partial charge in [0, 0.05) is 38.3 Å². The number of likely N-dealkylation sites (N-methyl/N-ethyl adjacent to an activating group) is 1. The fourth-order valence-corrected chi connectivity index (χ4v) is 4.16. The number of rotatable bonds is 9. The molecule has 32 heavy (non-hydrogen) atoms. The summed E-state index contributed by atoms with van der Waals surface area (Å²) in [7, 11) is 4.93. The zero-order valence-corrected chi connectivity index (χ0v) is 19.8. The Bertz CT molecular complexity index is 917. The lowest BCUT2D eigenvalue weighted by Gasteiger charge is -2.34. The number of amides is 1. The maximum atomic E-state index is 13.2. The second-order valence-corrected chi connectivity index (χ2v) is 7.90. The summed E-state index contributed by atoms with van der Waals surface area (Å²) in [6.45, 7) is 6.85. The third-order valence-corrected chi connectivity index (χ3v) is 6.09. The minimum atomic E-state index is -0.184. The molecule has 6 heteroatoms. The van der Waals surface area contributed by atoms with Crippen LogP contribution in [-0.4, -0.2) is 62.7 Å². The minimum Gasteiger partial charge on any atom is -0.496 e. The summed E-state index contributed by atoms with van der Waals surface area (Å²) in [4.78, 5) is 17.4. The molecule has 0 bridgehead atoms. The molecule has 1 aliphatic rings. The fraction of sp³-hybridized carbons (Fsp3) is 0.423. The summed E-state index contributed by atoms with van der Waals surface area (Å²) in [5, 5.41) is 0. The molecule has 0 N–H and O–H groups in total. The van der Waals surface area contributed by atoms with Crippen LogP contribution in [0.4, 0.5) is 0 Å². The molecule has 1 heterocycles. The average Bonchev–Trinajstić information content (AvgIpc) is 2.86. The molecular weight excluding hydrogens is 404 g/mol. The molecule has 0 unspecified atom stereocenters. The van der Waals surface area contributed by atoms with Crippen molar-refractivity contribution in [2.75, 3.05) is 41.0 Å². The minimum absolute atomic E-state index is 0.160. The Kier molecular flexibility index (Phi) is 8.17. The van der Waals surface area contributed by atoms with E-state index in [0.717, 1.165) is 41.2 Å². The number of hydrogen-bond donors (Lipinski definition) is 0. The normalized spacial score (nSPS) is 15.0. The van der Waals surface area contributed by atoms with Crippen molar-refractivity contribution in [2.45, 2.75) is 32.9 Å². The van der Waals surface area contributed by atoms with E-state index < -0.39 is 0 Å². The van der Waals surface area contributed by atoms with E-state index in [1.807, 2.05) is 49.1 Å². The van der Waals surface area contributed by atoms with Gasteiger partial charge in [-0.15, -0.1) is 0 Å². The van der Waals surface area contributed by atoms with Gasteiger partial charge in [-0.1, -0.05) is 36.4 Å². The zero-order chi connectivity index (χ0) is 23.1. The van der Waals surface area contributed by atoms with Crippen LogP contribution in [-0.2, 0) is 11.3 Å². The van der Waals surface area contributed by atoms with Gasteiger partial charge >= 0.3 is 0 Å². The highest BCUT2D eigenvalue weighted by Gasteiger charge is 2.28. The van der Waals surface area contributed by atoms with Crippen molar-refractivity contribution >= 4 is 11.5 Å². The third-order valence-electron chi connectivity index (χ3n) is 6.09. The monoisotopic (exact) mass is 438 g/mol. The van der Waals surface area contributed by atoms with Crippen LogP contribution in [0.3, 0.4) is 0 Å². The van der Waals surface area contributed by atoms with Crippen molar-refractivity contribution < 1.29 is 19.0 Å². The van der Waals surface area contributed by atoms with Crippen LogP contribution < -0.4 is 14.2 Å². The molecule has 1 aliphatic heterocycles. The summed E-state index contributed by atoms with van der Waals surface area (Å²) >= 11 is 0. The van der Waals surface area contributed by atoms with Crippen molar-refractivity contribution in [1.82, 2.24) is 9.80 Å². The predicted octanol–water partition coefficient (Wildman–Crippen LogP) is 4.24. The first-order chi connectivity index (χ1) is 15.5. The molecule has 0 fully saturated rings. The van der Waals surface area contributed by atoms with E-state index in [-0.39, 0.29) is 11.9 Å². The highest BCUT2D eigenvalue weighted by molar-refractivity contribution is 5.82. The van der Waals surface area contributed by atoms with E-state index in [2.05, 4.69) is 23.1 Å². The summed E-state index contributed by atoms with van der Waals surface area (Å²) in [6.07, 6.45) is 2.98. The van der Waals surface area contributed by atoms with Crippen LogP contribution in [0.15, 0.2) is 48.5 Å². The Balaban J connectivity index is 1.74. The van der Waals surface area contributed by atoms with Crippen LogP contribution in [0.25, 0.3) is 5.57 Å². The van der Waals surface area contributed by atoms with Gasteiger partial charge in [0.25, 0.3) is 0 Å². The van der Waals surface area contributed by atoms with E-state index in [0.29, 0.717) is 25.4 Å².